The summed E-state index contributed by atoms with van der Waals surface area (Å²) in [4.78, 5) is 28.6. The van der Waals surface area contributed by atoms with Crippen molar-refractivity contribution in [2.45, 2.75) is 32.1 Å². The Hall–Kier alpha value is -2.89. The van der Waals surface area contributed by atoms with Crippen molar-refractivity contribution in [1.82, 2.24) is 4.98 Å². The van der Waals surface area contributed by atoms with E-state index in [9.17, 15) is 9.59 Å². The minimum Gasteiger partial charge on any atom is -0.384 e. The van der Waals surface area contributed by atoms with E-state index in [1.165, 1.54) is 12.6 Å². The van der Waals surface area contributed by atoms with Crippen molar-refractivity contribution in [1.29, 1.82) is 0 Å². The summed E-state index contributed by atoms with van der Waals surface area (Å²) < 4.78 is 0. The normalized spacial score (nSPS) is 14.7. The van der Waals surface area contributed by atoms with Crippen LogP contribution >= 0.6 is 0 Å². The highest BCUT2D eigenvalue weighted by atomic mass is 16.2. The highest BCUT2D eigenvalue weighted by Gasteiger charge is 2.21. The first-order chi connectivity index (χ1) is 12.1. The Labute approximate surface area is 146 Å². The van der Waals surface area contributed by atoms with E-state index < -0.39 is 0 Å². The fourth-order valence-corrected chi connectivity index (χ4v) is 3.03. The lowest BCUT2D eigenvalue weighted by atomic mass is 9.88. The number of carbonyl (C=O) groups excluding carboxylic acids is 2. The van der Waals surface area contributed by atoms with Crippen molar-refractivity contribution in [2.75, 3.05) is 16.4 Å². The number of anilines is 3. The number of aromatic nitrogens is 1. The number of rotatable bonds is 4. The summed E-state index contributed by atoms with van der Waals surface area (Å²) in [5.74, 6) is 0.248. The van der Waals surface area contributed by atoms with Gasteiger partial charge in [0, 0.05) is 17.2 Å². The van der Waals surface area contributed by atoms with Crippen molar-refractivity contribution < 1.29 is 9.59 Å². The van der Waals surface area contributed by atoms with E-state index in [4.69, 9.17) is 5.73 Å². The summed E-state index contributed by atoms with van der Waals surface area (Å²) >= 11 is 0. The van der Waals surface area contributed by atoms with Gasteiger partial charge in [-0.05, 0) is 43.2 Å². The van der Waals surface area contributed by atoms with Crippen LogP contribution in [0.5, 0.6) is 0 Å². The van der Waals surface area contributed by atoms with E-state index in [0.29, 0.717) is 22.8 Å². The van der Waals surface area contributed by atoms with E-state index in [1.54, 1.807) is 36.4 Å². The largest absolute Gasteiger partial charge is 0.384 e. The standard InChI is InChI=1S/C19H22N4O2/c20-17-10-9-16(12-21-17)23-19(25)14-7-4-8-15(11-14)22-18(24)13-5-2-1-3-6-13/h4,7-13H,1-3,5-6H2,(H2,20,21)(H,22,24)(H,23,25). The highest BCUT2D eigenvalue weighted by molar-refractivity contribution is 6.05. The maximum absolute atomic E-state index is 12.4. The van der Waals surface area contributed by atoms with Crippen LogP contribution in [0.1, 0.15) is 42.5 Å². The molecule has 0 unspecified atom stereocenters. The van der Waals surface area contributed by atoms with E-state index in [2.05, 4.69) is 15.6 Å². The molecule has 1 saturated carbocycles. The number of hydrogen-bond acceptors (Lipinski definition) is 4. The first kappa shape index (κ1) is 17.0. The molecule has 0 aliphatic heterocycles. The second kappa shape index (κ2) is 7.79. The molecule has 0 spiro atoms. The average Bonchev–Trinajstić information content (AvgIpc) is 2.64. The molecule has 6 nitrogen and oxygen atoms in total. The molecular weight excluding hydrogens is 316 g/mol. The van der Waals surface area contributed by atoms with Gasteiger partial charge < -0.3 is 16.4 Å². The molecule has 0 saturated heterocycles. The Balaban J connectivity index is 1.64. The van der Waals surface area contributed by atoms with E-state index in [1.807, 2.05) is 0 Å². The van der Waals surface area contributed by atoms with Crippen LogP contribution in [0.3, 0.4) is 0 Å². The number of benzene rings is 1. The summed E-state index contributed by atoms with van der Waals surface area (Å²) in [7, 11) is 0. The third-order valence-corrected chi connectivity index (χ3v) is 4.41. The first-order valence-corrected chi connectivity index (χ1v) is 8.55. The van der Waals surface area contributed by atoms with Gasteiger partial charge in [-0.3, -0.25) is 9.59 Å². The first-order valence-electron chi connectivity index (χ1n) is 8.55. The molecule has 1 aliphatic carbocycles. The highest BCUT2D eigenvalue weighted by Crippen LogP contribution is 2.25. The molecule has 25 heavy (non-hydrogen) atoms. The topological polar surface area (TPSA) is 97.1 Å². The lowest BCUT2D eigenvalue weighted by Gasteiger charge is -2.20. The fraction of sp³-hybridized carbons (Fsp3) is 0.316. The molecule has 0 atom stereocenters. The smallest absolute Gasteiger partial charge is 0.255 e. The van der Waals surface area contributed by atoms with Crippen molar-refractivity contribution >= 4 is 29.0 Å². The number of amides is 2. The summed E-state index contributed by atoms with van der Waals surface area (Å²) in [6.45, 7) is 0. The number of pyridine rings is 1. The van der Waals surface area contributed by atoms with E-state index in [-0.39, 0.29) is 17.7 Å². The molecule has 2 aromatic rings. The number of nitrogens with zero attached hydrogens (tertiary/aromatic N) is 1. The van der Waals surface area contributed by atoms with Gasteiger partial charge in [0.25, 0.3) is 5.91 Å². The molecule has 130 valence electrons. The quantitative estimate of drug-likeness (QED) is 0.795. The van der Waals surface area contributed by atoms with Gasteiger partial charge >= 0.3 is 0 Å². The van der Waals surface area contributed by atoms with Crippen LogP contribution in [0.4, 0.5) is 17.2 Å². The summed E-state index contributed by atoms with van der Waals surface area (Å²) in [5, 5.41) is 5.69. The van der Waals surface area contributed by atoms with Gasteiger partial charge in [0.15, 0.2) is 0 Å². The minimum atomic E-state index is -0.264. The van der Waals surface area contributed by atoms with Gasteiger partial charge in [0.2, 0.25) is 5.91 Å². The van der Waals surface area contributed by atoms with Crippen LogP contribution in [0, 0.1) is 5.92 Å². The van der Waals surface area contributed by atoms with Gasteiger partial charge in [-0.2, -0.15) is 0 Å². The molecule has 4 N–H and O–H groups in total. The minimum absolute atomic E-state index is 0.0417. The molecule has 2 amide bonds. The van der Waals surface area contributed by atoms with Crippen molar-refractivity contribution in [3.05, 3.63) is 48.2 Å². The van der Waals surface area contributed by atoms with Gasteiger partial charge in [-0.25, -0.2) is 4.98 Å². The molecule has 1 heterocycles. The molecule has 1 aliphatic rings. The Morgan fingerprint density at radius 2 is 1.80 bits per heavy atom. The molecule has 1 aromatic heterocycles. The third-order valence-electron chi connectivity index (χ3n) is 4.41. The Morgan fingerprint density at radius 1 is 1.00 bits per heavy atom. The fourth-order valence-electron chi connectivity index (χ4n) is 3.03. The monoisotopic (exact) mass is 338 g/mol. The molecule has 1 aromatic carbocycles. The Morgan fingerprint density at radius 3 is 2.52 bits per heavy atom. The molecule has 1 fully saturated rings. The summed E-state index contributed by atoms with van der Waals surface area (Å²) in [5.41, 5.74) is 7.21. The predicted octanol–water partition coefficient (Wildman–Crippen LogP) is 3.43. The summed E-state index contributed by atoms with van der Waals surface area (Å²) in [6.07, 6.45) is 6.81. The zero-order chi connectivity index (χ0) is 17.6. The lowest BCUT2D eigenvalue weighted by Crippen LogP contribution is -2.24. The van der Waals surface area contributed by atoms with Gasteiger partial charge in [-0.15, -0.1) is 0 Å². The van der Waals surface area contributed by atoms with Crippen LogP contribution in [-0.2, 0) is 4.79 Å². The third kappa shape index (κ3) is 4.56. The van der Waals surface area contributed by atoms with Crippen LogP contribution in [0.2, 0.25) is 0 Å². The van der Waals surface area contributed by atoms with Crippen LogP contribution in [0.15, 0.2) is 42.6 Å². The summed E-state index contributed by atoms with van der Waals surface area (Å²) in [6, 6.07) is 10.2. The molecule has 6 heteroatoms. The van der Waals surface area contributed by atoms with Gasteiger partial charge in [0.1, 0.15) is 5.82 Å². The van der Waals surface area contributed by atoms with Crippen LogP contribution < -0.4 is 16.4 Å². The van der Waals surface area contributed by atoms with Crippen LogP contribution in [-0.4, -0.2) is 16.8 Å². The maximum atomic E-state index is 12.4. The molecular formula is C19H22N4O2. The Kier molecular flexibility index (Phi) is 5.28. The van der Waals surface area contributed by atoms with Crippen molar-refractivity contribution in [2.24, 2.45) is 5.92 Å². The van der Waals surface area contributed by atoms with Crippen molar-refractivity contribution in [3.8, 4) is 0 Å². The van der Waals surface area contributed by atoms with Crippen molar-refractivity contribution in [3.63, 3.8) is 0 Å². The SMILES string of the molecule is Nc1ccc(NC(=O)c2cccc(NC(=O)C3CCCCC3)c2)cn1. The van der Waals surface area contributed by atoms with E-state index >= 15 is 0 Å². The number of hydrogen-bond donors (Lipinski definition) is 3. The Bertz CT molecular complexity index is 752. The molecule has 0 radical (unpaired) electrons. The predicted molar refractivity (Wildman–Crippen MR) is 98.2 cm³/mol. The molecule has 0 bridgehead atoms. The zero-order valence-corrected chi connectivity index (χ0v) is 14.0. The second-order valence-electron chi connectivity index (χ2n) is 6.33. The van der Waals surface area contributed by atoms with Crippen LogP contribution in [0.25, 0.3) is 0 Å². The van der Waals surface area contributed by atoms with E-state index in [0.717, 1.165) is 25.7 Å². The van der Waals surface area contributed by atoms with Gasteiger partial charge in [0.05, 0.1) is 11.9 Å². The lowest BCUT2D eigenvalue weighted by molar-refractivity contribution is -0.120. The zero-order valence-electron chi connectivity index (χ0n) is 14.0. The number of nitrogen functional groups attached to an aromatic ring is 1. The average molecular weight is 338 g/mol. The number of carbonyl (C=O) groups is 2. The second-order valence-corrected chi connectivity index (χ2v) is 6.33. The van der Waals surface area contributed by atoms with Gasteiger partial charge in [-0.1, -0.05) is 25.3 Å². The maximum Gasteiger partial charge on any atom is 0.255 e. The number of nitrogens with one attached hydrogen (secondary N) is 2. The molecule has 3 rings (SSSR count). The number of nitrogens with two attached hydrogens (primary N) is 1.